The molecule has 4 aromatic rings. The van der Waals surface area contributed by atoms with Gasteiger partial charge in [0.1, 0.15) is 23.8 Å². The van der Waals surface area contributed by atoms with Crippen LogP contribution in [-0.4, -0.2) is 62.9 Å². The Balaban J connectivity index is 0.000000204. The molecule has 0 bridgehead atoms. The Morgan fingerprint density at radius 1 is 0.694 bits per heavy atom. The number of alkyl halides is 1. The van der Waals surface area contributed by atoms with E-state index in [0.717, 1.165) is 51.8 Å². The summed E-state index contributed by atoms with van der Waals surface area (Å²) in [7, 11) is 0. The number of hydrogen-bond acceptors (Lipinski definition) is 8. The SMILES string of the molecule is CC[C@@H]1[C@@H](CO)C[C@H]2C(=O)O[C@H](C)[C@H]2[C@H]1/C=C/c1ccc(-c2cccc(F)c2)cn1.C[C@H]1OC(=O)C2CC(CO)C(CCBr)C(/C=C/c3ccc(-c4cccc(F)c4)cn3)C21.[Ac]. The number of aliphatic hydroxyl groups is 2. The van der Waals surface area contributed by atoms with Crippen LogP contribution in [0.4, 0.5) is 8.78 Å². The quantitative estimate of drug-likeness (QED) is 0.113. The first kappa shape index (κ1) is 48.3. The van der Waals surface area contributed by atoms with Gasteiger partial charge in [-0.15, -0.1) is 0 Å². The van der Waals surface area contributed by atoms with E-state index in [2.05, 4.69) is 45.0 Å². The van der Waals surface area contributed by atoms with Crippen LogP contribution < -0.4 is 0 Å². The van der Waals surface area contributed by atoms with E-state index < -0.39 is 0 Å². The van der Waals surface area contributed by atoms with Crippen molar-refractivity contribution >= 4 is 40.0 Å². The van der Waals surface area contributed by atoms with Gasteiger partial charge in [-0.05, 0) is 128 Å². The maximum Gasteiger partial charge on any atom is 0.309 e. The fourth-order valence-electron chi connectivity index (χ4n) is 10.8. The second kappa shape index (κ2) is 22.2. The standard InChI is InChI=1S/C25H27BrFNO3.C25H28FNO3.Ac/c1-15-24-22(21(9-10-26)18(14-29)12-23(24)25(30)31-15)8-7-20-6-5-17(13-28-20)16-3-2-4-19(27)11-16;1-3-21-18(14-28)12-23-24(15(2)30-25(23)29)22(21)10-9-20-8-7-17(13-27-20)16-5-4-6-19(26)11-16;/h2-8,11,13,15,18,21-24,29H,9-10,12,14H2,1H3;4-11,13,15,18,21-24,28H,3,12,14H2,1-2H3;/b8-7+;10-9+;/t15-,18?,21?,22?,23?,24?;15-,18-,21-,22+,23-,24+;/m11./s1. The largest absolute Gasteiger partial charge is 0.462 e. The van der Waals surface area contributed by atoms with Gasteiger partial charge in [-0.25, -0.2) is 8.78 Å². The number of rotatable bonds is 11. The van der Waals surface area contributed by atoms with Gasteiger partial charge < -0.3 is 19.7 Å². The number of aliphatic hydroxyl groups excluding tert-OH is 2. The molecular formula is C50H55AcBrF2N2O6. The van der Waals surface area contributed by atoms with Crippen LogP contribution in [-0.2, 0) is 19.1 Å². The zero-order valence-corrected chi connectivity index (χ0v) is 41.7. The van der Waals surface area contributed by atoms with E-state index in [-0.39, 0.29) is 146 Å². The van der Waals surface area contributed by atoms with Gasteiger partial charge in [0.05, 0.1) is 23.2 Å². The second-order valence-electron chi connectivity index (χ2n) is 17.1. The smallest absolute Gasteiger partial charge is 0.309 e. The van der Waals surface area contributed by atoms with Crippen molar-refractivity contribution in [1.82, 2.24) is 9.97 Å². The molecule has 4 heterocycles. The van der Waals surface area contributed by atoms with E-state index in [1.807, 2.05) is 62.4 Å². The summed E-state index contributed by atoms with van der Waals surface area (Å²) >= 11 is 3.56. The summed E-state index contributed by atoms with van der Waals surface area (Å²) < 4.78 is 38.1. The summed E-state index contributed by atoms with van der Waals surface area (Å²) in [6, 6.07) is 20.6. The van der Waals surface area contributed by atoms with Crippen molar-refractivity contribution < 1.29 is 82.1 Å². The molecule has 0 spiro atoms. The monoisotopic (exact) mass is 1120 g/mol. The topological polar surface area (TPSA) is 119 Å². The fourth-order valence-corrected chi connectivity index (χ4v) is 11.3. The van der Waals surface area contributed by atoms with Gasteiger partial charge in [-0.2, -0.15) is 0 Å². The zero-order chi connectivity index (χ0) is 43.2. The predicted octanol–water partition coefficient (Wildman–Crippen LogP) is 9.84. The number of cyclic esters (lactones) is 2. The molecule has 2 aliphatic heterocycles. The Kier molecular flexibility index (Phi) is 17.3. The van der Waals surface area contributed by atoms with Crippen LogP contribution in [0.3, 0.4) is 0 Å². The second-order valence-corrected chi connectivity index (χ2v) is 17.9. The first-order chi connectivity index (χ1) is 29.5. The normalized spacial score (nSPS) is 30.2. The molecule has 12 atom stereocenters. The van der Waals surface area contributed by atoms with Crippen molar-refractivity contribution in [3.63, 3.8) is 0 Å². The molecule has 62 heavy (non-hydrogen) atoms. The maximum absolute atomic E-state index is 13.5. The molecule has 2 aromatic heterocycles. The van der Waals surface area contributed by atoms with Crippen LogP contribution in [0.15, 0.2) is 97.3 Å². The van der Waals surface area contributed by atoms with E-state index in [1.54, 1.807) is 24.5 Å². The van der Waals surface area contributed by atoms with Crippen LogP contribution in [0.1, 0.15) is 57.8 Å². The van der Waals surface area contributed by atoms with Crippen molar-refractivity contribution in [2.24, 2.45) is 59.2 Å². The van der Waals surface area contributed by atoms with E-state index in [0.29, 0.717) is 18.8 Å². The number of halogens is 3. The number of carbonyl (C=O) groups is 2. The van der Waals surface area contributed by atoms with Gasteiger partial charge in [0, 0.05) is 98.0 Å². The third-order valence-electron chi connectivity index (χ3n) is 13.7. The number of fused-ring (bicyclic) bond motifs is 2. The summed E-state index contributed by atoms with van der Waals surface area (Å²) in [4.78, 5) is 33.8. The molecule has 12 heteroatoms. The number of hydrogen-bond donors (Lipinski definition) is 2. The van der Waals surface area contributed by atoms with Crippen LogP contribution in [0.5, 0.6) is 0 Å². The Labute approximate surface area is 407 Å². The van der Waals surface area contributed by atoms with E-state index >= 15 is 0 Å². The average molecular weight is 1120 g/mol. The Bertz CT molecular complexity index is 2190. The minimum Gasteiger partial charge on any atom is -0.462 e. The maximum atomic E-state index is 13.5. The minimum atomic E-state index is -0.271. The summed E-state index contributed by atoms with van der Waals surface area (Å²) in [5.41, 5.74) is 4.91. The number of carbonyl (C=O) groups excluding carboxylic acids is 2. The van der Waals surface area contributed by atoms with Crippen LogP contribution >= 0.6 is 15.9 Å². The molecule has 2 N–H and O–H groups in total. The fraction of sp³-hybridized carbons (Fsp3) is 0.440. The third-order valence-corrected chi connectivity index (χ3v) is 14.1. The van der Waals surface area contributed by atoms with E-state index in [4.69, 9.17) is 9.47 Å². The van der Waals surface area contributed by atoms with Gasteiger partial charge in [0.2, 0.25) is 0 Å². The first-order valence-corrected chi connectivity index (χ1v) is 22.6. The molecule has 2 saturated carbocycles. The van der Waals surface area contributed by atoms with Crippen molar-refractivity contribution in [2.45, 2.75) is 58.7 Å². The average Bonchev–Trinajstić information content (AvgIpc) is 3.73. The van der Waals surface area contributed by atoms with E-state index in [1.165, 1.54) is 24.3 Å². The number of ether oxygens (including phenoxy) is 2. The van der Waals surface area contributed by atoms with Crippen LogP contribution in [0.25, 0.3) is 34.4 Å². The molecule has 2 saturated heterocycles. The first-order valence-electron chi connectivity index (χ1n) is 21.5. The van der Waals surface area contributed by atoms with Gasteiger partial charge in [0.25, 0.3) is 0 Å². The summed E-state index contributed by atoms with van der Waals surface area (Å²) in [5, 5.41) is 20.7. The zero-order valence-electron chi connectivity index (χ0n) is 35.4. The van der Waals surface area contributed by atoms with Crippen molar-refractivity contribution in [1.29, 1.82) is 0 Å². The summed E-state index contributed by atoms with van der Waals surface area (Å²) in [6.45, 7) is 6.26. The number of aromatic nitrogens is 2. The third kappa shape index (κ3) is 10.9. The summed E-state index contributed by atoms with van der Waals surface area (Å²) in [5.74, 6) is 0.173. The molecule has 5 unspecified atom stereocenters. The Morgan fingerprint density at radius 3 is 1.53 bits per heavy atom. The molecule has 325 valence electrons. The number of allylic oxidation sites excluding steroid dienone is 2. The van der Waals surface area contributed by atoms with Crippen molar-refractivity contribution in [3.8, 4) is 22.3 Å². The Hall–Kier alpha value is -3.14. The van der Waals surface area contributed by atoms with Crippen molar-refractivity contribution in [2.75, 3.05) is 18.5 Å². The number of nitrogens with zero attached hydrogens (tertiary/aromatic N) is 2. The molecule has 4 aliphatic rings. The molecule has 4 fully saturated rings. The molecule has 8 nitrogen and oxygen atoms in total. The number of esters is 2. The van der Waals surface area contributed by atoms with Gasteiger partial charge in [0.15, 0.2) is 0 Å². The van der Waals surface area contributed by atoms with Gasteiger partial charge >= 0.3 is 11.9 Å². The predicted molar refractivity (Wildman–Crippen MR) is 235 cm³/mol. The number of benzene rings is 2. The van der Waals surface area contributed by atoms with Crippen molar-refractivity contribution in [3.05, 3.63) is 120 Å². The molecular weight excluding hydrogens is 1070 g/mol. The Morgan fingerprint density at radius 2 is 1.15 bits per heavy atom. The van der Waals surface area contributed by atoms with Gasteiger partial charge in [-0.3, -0.25) is 19.6 Å². The van der Waals surface area contributed by atoms with E-state index in [9.17, 15) is 28.6 Å². The molecule has 1 radical (unpaired) electrons. The minimum absolute atomic E-state index is 0. The molecule has 0 amide bonds. The van der Waals surface area contributed by atoms with Crippen LogP contribution in [0.2, 0.25) is 0 Å². The number of pyridine rings is 2. The molecule has 2 aliphatic carbocycles. The summed E-state index contributed by atoms with van der Waals surface area (Å²) in [6.07, 6.45) is 14.8. The molecule has 2 aromatic carbocycles. The van der Waals surface area contributed by atoms with Crippen LogP contribution in [0, 0.1) is 115 Å². The van der Waals surface area contributed by atoms with Gasteiger partial charge in [-0.1, -0.05) is 77.8 Å². The molecule has 8 rings (SSSR count).